The van der Waals surface area contributed by atoms with Gasteiger partial charge in [-0.25, -0.2) is 4.98 Å². The van der Waals surface area contributed by atoms with Crippen LogP contribution < -0.4 is 10.2 Å². The molecule has 0 aliphatic carbocycles. The molecule has 0 bridgehead atoms. The van der Waals surface area contributed by atoms with Crippen molar-refractivity contribution < 1.29 is 9.59 Å². The minimum atomic E-state index is -0.344. The number of hydrogen-bond acceptors (Lipinski definition) is 4. The summed E-state index contributed by atoms with van der Waals surface area (Å²) in [7, 11) is 0. The molecular formula is C23H24N4O2S. The van der Waals surface area contributed by atoms with Crippen molar-refractivity contribution >= 4 is 29.3 Å². The standard InChI is InChI=1S/C23H24N4O2S/c1-16(17-6-8-19(9-7-17)26-11-10-24-15-26)25-23(29)18-12-22(28)27(14-18)20-4-3-5-21(13-20)30-2/h3-11,13,15-16,18H,12,14H2,1-2H3,(H,25,29)/t16-,18+/m0/s1. The van der Waals surface area contributed by atoms with Gasteiger partial charge >= 0.3 is 0 Å². The molecule has 1 aromatic heterocycles. The molecule has 1 aliphatic heterocycles. The fourth-order valence-electron chi connectivity index (χ4n) is 3.67. The van der Waals surface area contributed by atoms with E-state index in [1.165, 1.54) is 0 Å². The third-order valence-corrected chi connectivity index (χ3v) is 6.14. The number of rotatable bonds is 6. The van der Waals surface area contributed by atoms with Crippen LogP contribution in [0, 0.1) is 5.92 Å². The van der Waals surface area contributed by atoms with E-state index in [-0.39, 0.29) is 30.2 Å². The van der Waals surface area contributed by atoms with Gasteiger partial charge in [0.2, 0.25) is 11.8 Å². The van der Waals surface area contributed by atoms with E-state index < -0.39 is 0 Å². The Bertz CT molecular complexity index is 1030. The number of aromatic nitrogens is 2. The number of nitrogens with one attached hydrogen (secondary N) is 1. The molecule has 1 saturated heterocycles. The third-order valence-electron chi connectivity index (χ3n) is 5.42. The minimum absolute atomic E-state index is 0.00857. The van der Waals surface area contributed by atoms with Crippen LogP contribution in [-0.2, 0) is 9.59 Å². The molecule has 0 radical (unpaired) electrons. The van der Waals surface area contributed by atoms with Crippen molar-refractivity contribution in [1.82, 2.24) is 14.9 Å². The molecule has 3 aromatic rings. The van der Waals surface area contributed by atoms with Gasteiger partial charge in [0.15, 0.2) is 0 Å². The number of imidazole rings is 1. The highest BCUT2D eigenvalue weighted by molar-refractivity contribution is 7.98. The van der Waals surface area contributed by atoms with E-state index in [9.17, 15) is 9.59 Å². The van der Waals surface area contributed by atoms with Gasteiger partial charge in [0.1, 0.15) is 0 Å². The van der Waals surface area contributed by atoms with Gasteiger partial charge in [-0.1, -0.05) is 18.2 Å². The predicted molar refractivity (Wildman–Crippen MR) is 119 cm³/mol. The van der Waals surface area contributed by atoms with Crippen molar-refractivity contribution in [1.29, 1.82) is 0 Å². The highest BCUT2D eigenvalue weighted by atomic mass is 32.2. The molecule has 0 saturated carbocycles. The summed E-state index contributed by atoms with van der Waals surface area (Å²) in [5, 5.41) is 3.07. The molecule has 0 unspecified atom stereocenters. The summed E-state index contributed by atoms with van der Waals surface area (Å²) >= 11 is 1.63. The molecule has 0 spiro atoms. The quantitative estimate of drug-likeness (QED) is 0.616. The maximum atomic E-state index is 12.8. The van der Waals surface area contributed by atoms with Crippen molar-refractivity contribution in [3.05, 3.63) is 72.8 Å². The van der Waals surface area contributed by atoms with Gasteiger partial charge in [-0.2, -0.15) is 0 Å². The average molecular weight is 421 g/mol. The molecule has 1 fully saturated rings. The zero-order chi connectivity index (χ0) is 21.1. The molecule has 7 heteroatoms. The Morgan fingerprint density at radius 3 is 2.70 bits per heavy atom. The van der Waals surface area contributed by atoms with Gasteiger partial charge in [-0.15, -0.1) is 11.8 Å². The molecule has 4 rings (SSSR count). The summed E-state index contributed by atoms with van der Waals surface area (Å²) < 4.78 is 1.93. The molecule has 2 atom stereocenters. The Morgan fingerprint density at radius 2 is 2.00 bits per heavy atom. The predicted octanol–water partition coefficient (Wildman–Crippen LogP) is 3.82. The fourth-order valence-corrected chi connectivity index (χ4v) is 4.13. The maximum Gasteiger partial charge on any atom is 0.227 e. The number of carbonyl (C=O) groups excluding carboxylic acids is 2. The number of hydrogen-bond donors (Lipinski definition) is 1. The first-order chi connectivity index (χ1) is 14.5. The second-order valence-electron chi connectivity index (χ2n) is 7.40. The van der Waals surface area contributed by atoms with Crippen LogP contribution in [0.1, 0.15) is 24.9 Å². The number of thioether (sulfide) groups is 1. The molecule has 154 valence electrons. The minimum Gasteiger partial charge on any atom is -0.349 e. The van der Waals surface area contributed by atoms with Crippen LogP contribution in [0.25, 0.3) is 5.69 Å². The van der Waals surface area contributed by atoms with Gasteiger partial charge in [-0.05, 0) is 49.1 Å². The highest BCUT2D eigenvalue weighted by Gasteiger charge is 2.35. The second kappa shape index (κ2) is 8.75. The Labute approximate surface area is 180 Å². The lowest BCUT2D eigenvalue weighted by Crippen LogP contribution is -2.34. The zero-order valence-electron chi connectivity index (χ0n) is 17.0. The second-order valence-corrected chi connectivity index (χ2v) is 8.28. The van der Waals surface area contributed by atoms with Gasteiger partial charge in [0.25, 0.3) is 0 Å². The van der Waals surface area contributed by atoms with E-state index in [2.05, 4.69) is 10.3 Å². The summed E-state index contributed by atoms with van der Waals surface area (Å²) in [6.07, 6.45) is 7.61. The number of benzene rings is 2. The number of anilines is 1. The molecule has 6 nitrogen and oxygen atoms in total. The smallest absolute Gasteiger partial charge is 0.227 e. The van der Waals surface area contributed by atoms with Gasteiger partial charge in [-0.3, -0.25) is 9.59 Å². The molecule has 2 amide bonds. The van der Waals surface area contributed by atoms with Crippen molar-refractivity contribution in [3.63, 3.8) is 0 Å². The number of nitrogens with zero attached hydrogens (tertiary/aromatic N) is 3. The van der Waals surface area contributed by atoms with E-state index in [1.54, 1.807) is 29.2 Å². The average Bonchev–Trinajstić information content (AvgIpc) is 3.44. The van der Waals surface area contributed by atoms with Crippen molar-refractivity contribution in [3.8, 4) is 5.69 Å². The zero-order valence-corrected chi connectivity index (χ0v) is 17.8. The van der Waals surface area contributed by atoms with Crippen LogP contribution in [0.15, 0.2) is 72.1 Å². The topological polar surface area (TPSA) is 67.2 Å². The number of carbonyl (C=O) groups is 2. The molecule has 2 heterocycles. The first-order valence-electron chi connectivity index (χ1n) is 9.88. The van der Waals surface area contributed by atoms with E-state index in [1.807, 2.05) is 72.5 Å². The van der Waals surface area contributed by atoms with E-state index in [0.29, 0.717) is 6.54 Å². The SMILES string of the molecule is CSc1cccc(N2C[C@H](C(=O)N[C@@H](C)c3ccc(-n4ccnc4)cc3)CC2=O)c1. The fraction of sp³-hybridized carbons (Fsp3) is 0.261. The molecule has 1 N–H and O–H groups in total. The Kier molecular flexibility index (Phi) is 5.90. The summed E-state index contributed by atoms with van der Waals surface area (Å²) in [5.41, 5.74) is 2.88. The van der Waals surface area contributed by atoms with Crippen LogP contribution in [0.3, 0.4) is 0 Å². The molecule has 30 heavy (non-hydrogen) atoms. The van der Waals surface area contributed by atoms with Gasteiger partial charge < -0.3 is 14.8 Å². The van der Waals surface area contributed by atoms with Crippen molar-refractivity contribution in [2.45, 2.75) is 24.3 Å². The van der Waals surface area contributed by atoms with Crippen LogP contribution >= 0.6 is 11.8 Å². The summed E-state index contributed by atoms with van der Waals surface area (Å²) in [6, 6.07) is 15.7. The van der Waals surface area contributed by atoms with Gasteiger partial charge in [0, 0.05) is 41.6 Å². The Hall–Kier alpha value is -3.06. The Balaban J connectivity index is 1.39. The van der Waals surface area contributed by atoms with Crippen LogP contribution in [0.4, 0.5) is 5.69 Å². The molecule has 2 aromatic carbocycles. The van der Waals surface area contributed by atoms with Crippen LogP contribution in [0.5, 0.6) is 0 Å². The van der Waals surface area contributed by atoms with Crippen molar-refractivity contribution in [2.75, 3.05) is 17.7 Å². The summed E-state index contributed by atoms with van der Waals surface area (Å²) in [5.74, 6) is -0.438. The maximum absolute atomic E-state index is 12.8. The lowest BCUT2D eigenvalue weighted by molar-refractivity contribution is -0.126. The molecule has 1 aliphatic rings. The summed E-state index contributed by atoms with van der Waals surface area (Å²) in [4.78, 5) is 32.2. The molecular weight excluding hydrogens is 396 g/mol. The lowest BCUT2D eigenvalue weighted by atomic mass is 10.0. The third kappa shape index (κ3) is 4.26. The Morgan fingerprint density at radius 1 is 1.20 bits per heavy atom. The lowest BCUT2D eigenvalue weighted by Gasteiger charge is -2.19. The monoisotopic (exact) mass is 420 g/mol. The van der Waals surface area contributed by atoms with E-state index in [0.717, 1.165) is 21.8 Å². The first kappa shape index (κ1) is 20.2. The number of amides is 2. The van der Waals surface area contributed by atoms with E-state index in [4.69, 9.17) is 0 Å². The normalized spacial score (nSPS) is 17.2. The highest BCUT2D eigenvalue weighted by Crippen LogP contribution is 2.28. The van der Waals surface area contributed by atoms with Crippen molar-refractivity contribution in [2.24, 2.45) is 5.92 Å². The van der Waals surface area contributed by atoms with Crippen LogP contribution in [-0.4, -0.2) is 34.2 Å². The van der Waals surface area contributed by atoms with Crippen LogP contribution in [0.2, 0.25) is 0 Å². The van der Waals surface area contributed by atoms with E-state index >= 15 is 0 Å². The first-order valence-corrected chi connectivity index (χ1v) is 11.1. The largest absolute Gasteiger partial charge is 0.349 e. The summed E-state index contributed by atoms with van der Waals surface area (Å²) in [6.45, 7) is 2.37. The van der Waals surface area contributed by atoms with Gasteiger partial charge in [0.05, 0.1) is 18.3 Å².